The molecule has 0 saturated heterocycles. The van der Waals surface area contributed by atoms with Crippen molar-refractivity contribution in [1.82, 2.24) is 9.55 Å². The van der Waals surface area contributed by atoms with E-state index in [4.69, 9.17) is 0 Å². The van der Waals surface area contributed by atoms with E-state index in [1.807, 2.05) is 19.1 Å². The number of rotatable bonds is 3. The number of imidazole rings is 1. The molecule has 2 aromatic rings. The fourth-order valence-electron chi connectivity index (χ4n) is 3.07. The summed E-state index contributed by atoms with van der Waals surface area (Å²) in [6, 6.07) is 6.87. The van der Waals surface area contributed by atoms with Gasteiger partial charge in [-0.2, -0.15) is 0 Å². The number of aliphatic carboxylic acids is 1. The Morgan fingerprint density at radius 2 is 2.10 bits per heavy atom. The summed E-state index contributed by atoms with van der Waals surface area (Å²) < 4.78 is 2.09. The quantitative estimate of drug-likeness (QED) is 0.909. The zero-order valence-corrected chi connectivity index (χ0v) is 11.9. The summed E-state index contributed by atoms with van der Waals surface area (Å²) in [5, 5.41) is 18.8. The van der Waals surface area contributed by atoms with Crippen LogP contribution in [0.15, 0.2) is 24.3 Å². The van der Waals surface area contributed by atoms with Crippen molar-refractivity contribution in [1.29, 1.82) is 0 Å². The molecule has 0 fully saturated rings. The average molecular weight is 286 g/mol. The highest BCUT2D eigenvalue weighted by atomic mass is 16.4. The molecule has 0 spiro atoms. The van der Waals surface area contributed by atoms with Gasteiger partial charge in [0.25, 0.3) is 0 Å². The van der Waals surface area contributed by atoms with Gasteiger partial charge >= 0.3 is 5.97 Å². The summed E-state index contributed by atoms with van der Waals surface area (Å²) in [5.41, 5.74) is 2.64. The fraction of sp³-hybridized carbons (Fsp3) is 0.375. The molecule has 1 aliphatic rings. The number of aromatic nitrogens is 2. The van der Waals surface area contributed by atoms with Gasteiger partial charge in [-0.15, -0.1) is 0 Å². The molecule has 0 bridgehead atoms. The van der Waals surface area contributed by atoms with Gasteiger partial charge in [-0.25, -0.2) is 4.98 Å². The molecule has 0 aliphatic heterocycles. The maximum absolute atomic E-state index is 11.4. The van der Waals surface area contributed by atoms with E-state index in [9.17, 15) is 15.0 Å². The van der Waals surface area contributed by atoms with Crippen molar-refractivity contribution in [2.24, 2.45) is 0 Å². The second-order valence-corrected chi connectivity index (χ2v) is 5.34. The lowest BCUT2D eigenvalue weighted by Crippen LogP contribution is -2.19. The van der Waals surface area contributed by atoms with E-state index in [0.717, 1.165) is 36.5 Å². The van der Waals surface area contributed by atoms with Gasteiger partial charge in [-0.05, 0) is 50.5 Å². The second kappa shape index (κ2) is 5.24. The molecule has 2 N–H and O–H groups in total. The van der Waals surface area contributed by atoms with Crippen LogP contribution < -0.4 is 0 Å². The van der Waals surface area contributed by atoms with Crippen LogP contribution in [0.3, 0.4) is 0 Å². The third-order valence-electron chi connectivity index (χ3n) is 4.08. The Morgan fingerprint density at radius 3 is 2.71 bits per heavy atom. The maximum Gasteiger partial charge on any atom is 0.312 e. The number of aromatic hydroxyl groups is 1. The molecule has 0 radical (unpaired) electrons. The first-order chi connectivity index (χ1) is 10.1. The predicted octanol–water partition coefficient (Wildman–Crippen LogP) is 2.78. The van der Waals surface area contributed by atoms with Crippen LogP contribution in [0.2, 0.25) is 0 Å². The Labute approximate surface area is 122 Å². The number of carboxylic acid groups (broad SMARTS) is 1. The molecular weight excluding hydrogens is 268 g/mol. The number of fused-ring (bicyclic) bond motifs is 1. The van der Waals surface area contributed by atoms with E-state index in [2.05, 4.69) is 9.55 Å². The molecule has 0 amide bonds. The molecule has 1 heterocycles. The third kappa shape index (κ3) is 2.28. The summed E-state index contributed by atoms with van der Waals surface area (Å²) in [6.07, 6.45) is 2.40. The maximum atomic E-state index is 11.4. The Morgan fingerprint density at radius 1 is 1.38 bits per heavy atom. The van der Waals surface area contributed by atoms with E-state index in [1.54, 1.807) is 12.1 Å². The number of phenolic OH excluding ortho intramolecular Hbond substituents is 1. The lowest BCUT2D eigenvalue weighted by molar-refractivity contribution is -0.139. The van der Waals surface area contributed by atoms with Crippen molar-refractivity contribution >= 4 is 5.97 Å². The molecule has 1 atom stereocenters. The van der Waals surface area contributed by atoms with Gasteiger partial charge in [-0.1, -0.05) is 0 Å². The van der Waals surface area contributed by atoms with Crippen molar-refractivity contribution in [2.45, 2.75) is 38.6 Å². The Bertz CT molecular complexity index is 674. The molecule has 5 heteroatoms. The van der Waals surface area contributed by atoms with E-state index in [1.165, 1.54) is 0 Å². The number of benzene rings is 1. The summed E-state index contributed by atoms with van der Waals surface area (Å²) in [4.78, 5) is 16.0. The van der Waals surface area contributed by atoms with E-state index < -0.39 is 11.9 Å². The predicted molar refractivity (Wildman–Crippen MR) is 78.3 cm³/mol. The van der Waals surface area contributed by atoms with Gasteiger partial charge in [0.2, 0.25) is 0 Å². The first-order valence-electron chi connectivity index (χ1n) is 7.23. The zero-order chi connectivity index (χ0) is 15.0. The van der Waals surface area contributed by atoms with Gasteiger partial charge in [0, 0.05) is 17.8 Å². The van der Waals surface area contributed by atoms with Gasteiger partial charge in [0.05, 0.1) is 5.69 Å². The van der Waals surface area contributed by atoms with Gasteiger partial charge in [0.1, 0.15) is 17.5 Å². The summed E-state index contributed by atoms with van der Waals surface area (Å²) in [7, 11) is 0. The third-order valence-corrected chi connectivity index (χ3v) is 4.08. The number of phenols is 1. The lowest BCUT2D eigenvalue weighted by Gasteiger charge is -2.19. The highest BCUT2D eigenvalue weighted by Gasteiger charge is 2.31. The smallest absolute Gasteiger partial charge is 0.312 e. The van der Waals surface area contributed by atoms with Crippen molar-refractivity contribution in [2.75, 3.05) is 0 Å². The zero-order valence-electron chi connectivity index (χ0n) is 11.9. The second-order valence-electron chi connectivity index (χ2n) is 5.34. The molecule has 0 saturated carbocycles. The van der Waals surface area contributed by atoms with Crippen molar-refractivity contribution < 1.29 is 15.0 Å². The number of carboxylic acids is 1. The average Bonchev–Trinajstić information content (AvgIpc) is 2.86. The van der Waals surface area contributed by atoms with Crippen LogP contribution >= 0.6 is 0 Å². The van der Waals surface area contributed by atoms with Crippen molar-refractivity contribution in [3.05, 3.63) is 35.7 Å². The molecule has 1 aromatic carbocycles. The summed E-state index contributed by atoms with van der Waals surface area (Å²) >= 11 is 0. The fourth-order valence-corrected chi connectivity index (χ4v) is 3.07. The monoisotopic (exact) mass is 286 g/mol. The minimum absolute atomic E-state index is 0.210. The number of carbonyl (C=O) groups is 1. The highest BCUT2D eigenvalue weighted by molar-refractivity contribution is 5.76. The highest BCUT2D eigenvalue weighted by Crippen LogP contribution is 2.35. The molecule has 1 aliphatic carbocycles. The first-order valence-corrected chi connectivity index (χ1v) is 7.23. The van der Waals surface area contributed by atoms with Crippen LogP contribution in [-0.2, 0) is 17.8 Å². The SMILES string of the molecule is CCn1c(-c2ccc(O)cc2)nc2c1CCCC2C(=O)O. The van der Waals surface area contributed by atoms with Crippen LogP contribution in [0.4, 0.5) is 0 Å². The normalized spacial score (nSPS) is 17.5. The molecule has 21 heavy (non-hydrogen) atoms. The molecule has 110 valence electrons. The van der Waals surface area contributed by atoms with Crippen molar-refractivity contribution in [3.8, 4) is 17.1 Å². The number of hydrogen-bond acceptors (Lipinski definition) is 3. The van der Waals surface area contributed by atoms with Gasteiger partial charge in [-0.3, -0.25) is 4.79 Å². The summed E-state index contributed by atoms with van der Waals surface area (Å²) in [5.74, 6) is -0.302. The van der Waals surface area contributed by atoms with Crippen LogP contribution in [0.25, 0.3) is 11.4 Å². The summed E-state index contributed by atoms with van der Waals surface area (Å²) in [6.45, 7) is 2.79. The molecular formula is C16H18N2O3. The largest absolute Gasteiger partial charge is 0.508 e. The van der Waals surface area contributed by atoms with Gasteiger partial charge in [0.15, 0.2) is 0 Å². The van der Waals surface area contributed by atoms with Crippen LogP contribution in [-0.4, -0.2) is 25.7 Å². The topological polar surface area (TPSA) is 75.3 Å². The molecule has 3 rings (SSSR count). The standard InChI is InChI=1S/C16H18N2O3/c1-2-18-13-5-3-4-12(16(20)21)14(13)17-15(18)10-6-8-11(19)9-7-10/h6-9,12,19H,2-5H2,1H3,(H,20,21). The van der Waals surface area contributed by atoms with E-state index in [0.29, 0.717) is 12.1 Å². The van der Waals surface area contributed by atoms with E-state index in [-0.39, 0.29) is 5.75 Å². The Balaban J connectivity index is 2.14. The number of nitrogens with zero attached hydrogens (tertiary/aromatic N) is 2. The van der Waals surface area contributed by atoms with E-state index >= 15 is 0 Å². The molecule has 1 unspecified atom stereocenters. The van der Waals surface area contributed by atoms with Crippen LogP contribution in [0.1, 0.15) is 37.1 Å². The molecule has 5 nitrogen and oxygen atoms in total. The Kier molecular flexibility index (Phi) is 3.41. The Hall–Kier alpha value is -2.30. The number of hydrogen-bond donors (Lipinski definition) is 2. The van der Waals surface area contributed by atoms with Crippen LogP contribution in [0.5, 0.6) is 5.75 Å². The lowest BCUT2D eigenvalue weighted by atomic mass is 9.90. The minimum atomic E-state index is -0.797. The molecule has 1 aromatic heterocycles. The minimum Gasteiger partial charge on any atom is -0.508 e. The van der Waals surface area contributed by atoms with Crippen LogP contribution in [0, 0.1) is 0 Å². The van der Waals surface area contributed by atoms with Gasteiger partial charge < -0.3 is 14.8 Å². The first kappa shape index (κ1) is 13.7. The van der Waals surface area contributed by atoms with Crippen molar-refractivity contribution in [3.63, 3.8) is 0 Å².